The summed E-state index contributed by atoms with van der Waals surface area (Å²) in [5.74, 6) is -3.50. The molecular weight excluding hydrogens is 532 g/mol. The van der Waals surface area contributed by atoms with E-state index in [4.69, 9.17) is 28.4 Å². The second-order valence-electron chi connectivity index (χ2n) is 11.1. The molecule has 0 aromatic heterocycles. The van der Waals surface area contributed by atoms with Crippen molar-refractivity contribution in [2.45, 2.75) is 124 Å². The van der Waals surface area contributed by atoms with E-state index in [1.807, 2.05) is 13.8 Å². The standard InChI is InChI=1S/C31H52O10/c1-5-18-36-22(3)40-30(34)26-16-10-8-14-24(26)28(32)38-20-12-7-13-21-39-29(33)25-15-9-11-17-27(25)31(35)41-23(4)37-19-6-2/h22-27H,5-21H2,1-4H3. The van der Waals surface area contributed by atoms with Crippen LogP contribution in [0.1, 0.15) is 111 Å². The second-order valence-corrected chi connectivity index (χ2v) is 11.1. The molecule has 0 aromatic rings. The van der Waals surface area contributed by atoms with Gasteiger partial charge in [0.05, 0.1) is 50.1 Å². The minimum Gasteiger partial charge on any atom is -0.465 e. The van der Waals surface area contributed by atoms with Crippen molar-refractivity contribution in [1.29, 1.82) is 0 Å². The van der Waals surface area contributed by atoms with Crippen LogP contribution >= 0.6 is 0 Å². The van der Waals surface area contributed by atoms with Crippen molar-refractivity contribution in [2.24, 2.45) is 23.7 Å². The number of rotatable bonds is 18. The highest BCUT2D eigenvalue weighted by atomic mass is 16.7. The van der Waals surface area contributed by atoms with Crippen molar-refractivity contribution in [3.63, 3.8) is 0 Å². The molecule has 41 heavy (non-hydrogen) atoms. The van der Waals surface area contributed by atoms with E-state index in [1.54, 1.807) is 13.8 Å². The van der Waals surface area contributed by atoms with Gasteiger partial charge in [0.1, 0.15) is 0 Å². The average Bonchev–Trinajstić information content (AvgIpc) is 2.98. The maximum atomic E-state index is 12.8. The van der Waals surface area contributed by atoms with Gasteiger partial charge in [-0.25, -0.2) is 0 Å². The molecule has 0 N–H and O–H groups in total. The van der Waals surface area contributed by atoms with Crippen LogP contribution in [0, 0.1) is 23.7 Å². The molecule has 2 saturated carbocycles. The van der Waals surface area contributed by atoms with E-state index in [1.165, 1.54) is 0 Å². The van der Waals surface area contributed by atoms with Gasteiger partial charge in [0, 0.05) is 0 Å². The summed E-state index contributed by atoms with van der Waals surface area (Å²) in [5, 5.41) is 0. The molecule has 0 bridgehead atoms. The summed E-state index contributed by atoms with van der Waals surface area (Å²) in [7, 11) is 0. The lowest BCUT2D eigenvalue weighted by molar-refractivity contribution is -0.186. The summed E-state index contributed by atoms with van der Waals surface area (Å²) < 4.78 is 32.7. The Balaban J connectivity index is 1.67. The molecule has 2 aliphatic rings. The van der Waals surface area contributed by atoms with E-state index in [0.29, 0.717) is 58.2 Å². The Bertz CT molecular complexity index is 736. The Morgan fingerprint density at radius 1 is 0.537 bits per heavy atom. The molecule has 0 radical (unpaired) electrons. The minimum atomic E-state index is -0.637. The molecule has 10 nitrogen and oxygen atoms in total. The predicted octanol–water partition coefficient (Wildman–Crippen LogP) is 5.49. The SMILES string of the molecule is CCCOC(C)OC(=O)C1CCCCC1C(=O)OCCCCCOC(=O)C1CCCCC1C(=O)OC(C)OCCC. The molecule has 10 heteroatoms. The number of ether oxygens (including phenoxy) is 6. The van der Waals surface area contributed by atoms with Gasteiger partial charge in [0.15, 0.2) is 12.6 Å². The van der Waals surface area contributed by atoms with Crippen molar-refractivity contribution in [3.05, 3.63) is 0 Å². The third-order valence-electron chi connectivity index (χ3n) is 7.70. The molecule has 2 aliphatic carbocycles. The van der Waals surface area contributed by atoms with Crippen LogP contribution in [-0.4, -0.2) is 62.9 Å². The van der Waals surface area contributed by atoms with Gasteiger partial charge < -0.3 is 28.4 Å². The van der Waals surface area contributed by atoms with E-state index in [2.05, 4.69) is 0 Å². The molecule has 2 fully saturated rings. The lowest BCUT2D eigenvalue weighted by atomic mass is 9.79. The van der Waals surface area contributed by atoms with Gasteiger partial charge in [-0.15, -0.1) is 0 Å². The Morgan fingerprint density at radius 2 is 0.878 bits per heavy atom. The highest BCUT2D eigenvalue weighted by Crippen LogP contribution is 2.33. The number of unbranched alkanes of at least 4 members (excludes halogenated alkanes) is 2. The number of hydrogen-bond acceptors (Lipinski definition) is 10. The van der Waals surface area contributed by atoms with Crippen LogP contribution in [0.15, 0.2) is 0 Å². The Morgan fingerprint density at radius 3 is 1.22 bits per heavy atom. The number of carbonyl (C=O) groups is 4. The van der Waals surface area contributed by atoms with Crippen molar-refractivity contribution < 1.29 is 47.6 Å². The zero-order valence-electron chi connectivity index (χ0n) is 25.6. The first kappa shape index (κ1) is 35.0. The van der Waals surface area contributed by atoms with Crippen molar-refractivity contribution in [3.8, 4) is 0 Å². The highest BCUT2D eigenvalue weighted by Gasteiger charge is 2.39. The first-order valence-electron chi connectivity index (χ1n) is 15.8. The monoisotopic (exact) mass is 584 g/mol. The van der Waals surface area contributed by atoms with E-state index in [0.717, 1.165) is 38.5 Å². The molecule has 0 aliphatic heterocycles. The largest absolute Gasteiger partial charge is 0.465 e. The van der Waals surface area contributed by atoms with Gasteiger partial charge in [0.2, 0.25) is 0 Å². The Labute approximate surface area is 245 Å². The lowest BCUT2D eigenvalue weighted by Crippen LogP contribution is -2.36. The van der Waals surface area contributed by atoms with E-state index in [-0.39, 0.29) is 25.2 Å². The molecular formula is C31H52O10. The third-order valence-corrected chi connectivity index (χ3v) is 7.70. The quantitative estimate of drug-likeness (QED) is 0.0884. The fourth-order valence-corrected chi connectivity index (χ4v) is 5.47. The van der Waals surface area contributed by atoms with Crippen molar-refractivity contribution in [2.75, 3.05) is 26.4 Å². The summed E-state index contributed by atoms with van der Waals surface area (Å²) in [6.45, 7) is 8.84. The predicted molar refractivity (Wildman–Crippen MR) is 150 cm³/mol. The van der Waals surface area contributed by atoms with Gasteiger partial charge >= 0.3 is 23.9 Å². The number of esters is 4. The fourth-order valence-electron chi connectivity index (χ4n) is 5.47. The number of carbonyl (C=O) groups excluding carboxylic acids is 4. The fraction of sp³-hybridized carbons (Fsp3) is 0.871. The van der Waals surface area contributed by atoms with Crippen molar-refractivity contribution >= 4 is 23.9 Å². The molecule has 0 saturated heterocycles. The van der Waals surface area contributed by atoms with Crippen LogP contribution in [-0.2, 0) is 47.6 Å². The summed E-state index contributed by atoms with van der Waals surface area (Å²) in [6.07, 6.45) is 8.29. The normalized spacial score (nSPS) is 24.1. The third kappa shape index (κ3) is 12.7. The molecule has 0 amide bonds. The zero-order valence-corrected chi connectivity index (χ0v) is 25.6. The van der Waals surface area contributed by atoms with Crippen molar-refractivity contribution in [1.82, 2.24) is 0 Å². The first-order valence-corrected chi connectivity index (χ1v) is 15.8. The van der Waals surface area contributed by atoms with E-state index >= 15 is 0 Å². The van der Waals surface area contributed by atoms with Gasteiger partial charge in [0.25, 0.3) is 0 Å². The topological polar surface area (TPSA) is 124 Å². The van der Waals surface area contributed by atoms with Gasteiger partial charge in [-0.2, -0.15) is 0 Å². The maximum Gasteiger partial charge on any atom is 0.312 e. The number of hydrogen-bond donors (Lipinski definition) is 0. The molecule has 0 spiro atoms. The van der Waals surface area contributed by atoms with Crippen LogP contribution in [0.3, 0.4) is 0 Å². The summed E-state index contributed by atoms with van der Waals surface area (Å²) in [4.78, 5) is 50.8. The summed E-state index contributed by atoms with van der Waals surface area (Å²) in [6, 6.07) is 0. The van der Waals surface area contributed by atoms with E-state index < -0.39 is 48.2 Å². The molecule has 0 heterocycles. The zero-order chi connectivity index (χ0) is 30.0. The minimum absolute atomic E-state index is 0.246. The molecule has 236 valence electrons. The molecule has 0 aromatic carbocycles. The van der Waals surface area contributed by atoms with Crippen LogP contribution in [0.5, 0.6) is 0 Å². The molecule has 6 unspecified atom stereocenters. The molecule has 2 rings (SSSR count). The molecule has 6 atom stereocenters. The van der Waals surface area contributed by atoms with Gasteiger partial charge in [-0.1, -0.05) is 39.5 Å². The Hall–Kier alpha value is -2.20. The van der Waals surface area contributed by atoms with E-state index in [9.17, 15) is 19.2 Å². The van der Waals surface area contributed by atoms with Gasteiger partial charge in [-0.3, -0.25) is 19.2 Å². The van der Waals surface area contributed by atoms with Crippen LogP contribution in [0.2, 0.25) is 0 Å². The second kappa shape index (κ2) is 19.8. The van der Waals surface area contributed by atoms with Crippen LogP contribution in [0.4, 0.5) is 0 Å². The maximum absolute atomic E-state index is 12.8. The highest BCUT2D eigenvalue weighted by molar-refractivity contribution is 5.83. The lowest BCUT2D eigenvalue weighted by Gasteiger charge is -2.29. The smallest absolute Gasteiger partial charge is 0.312 e. The average molecular weight is 585 g/mol. The summed E-state index contributed by atoms with van der Waals surface area (Å²) in [5.41, 5.74) is 0. The van der Waals surface area contributed by atoms with Gasteiger partial charge in [-0.05, 0) is 71.6 Å². The Kier molecular flexibility index (Phi) is 16.9. The van der Waals surface area contributed by atoms with Crippen LogP contribution < -0.4 is 0 Å². The summed E-state index contributed by atoms with van der Waals surface area (Å²) >= 11 is 0. The first-order chi connectivity index (χ1) is 19.8. The van der Waals surface area contributed by atoms with Crippen LogP contribution in [0.25, 0.3) is 0 Å².